The van der Waals surface area contributed by atoms with Crippen molar-refractivity contribution in [1.82, 2.24) is 20.1 Å². The zero-order valence-electron chi connectivity index (χ0n) is 12.6. The minimum Gasteiger partial charge on any atom is -0.394 e. The van der Waals surface area contributed by atoms with Crippen LogP contribution in [0.3, 0.4) is 0 Å². The largest absolute Gasteiger partial charge is 0.394 e. The molecule has 1 aliphatic carbocycles. The van der Waals surface area contributed by atoms with Crippen LogP contribution in [0.1, 0.15) is 36.1 Å². The molecule has 0 spiro atoms. The number of nitrogens with zero attached hydrogens (tertiary/aromatic N) is 3. The van der Waals surface area contributed by atoms with Crippen LogP contribution in [-0.2, 0) is 25.0 Å². The van der Waals surface area contributed by atoms with Gasteiger partial charge >= 0.3 is 0 Å². The Labute approximate surface area is 125 Å². The van der Waals surface area contributed by atoms with Gasteiger partial charge in [0.2, 0.25) is 0 Å². The average Bonchev–Trinajstić information content (AvgIpc) is 3.06. The van der Waals surface area contributed by atoms with Gasteiger partial charge in [0.1, 0.15) is 11.6 Å². The lowest BCUT2D eigenvalue weighted by Crippen LogP contribution is -2.43. The van der Waals surface area contributed by atoms with Crippen LogP contribution in [0.5, 0.6) is 0 Å². The highest BCUT2D eigenvalue weighted by Crippen LogP contribution is 2.36. The van der Waals surface area contributed by atoms with Gasteiger partial charge in [0, 0.05) is 6.54 Å². The molecule has 0 saturated carbocycles. The van der Waals surface area contributed by atoms with Gasteiger partial charge in [0.05, 0.1) is 18.7 Å². The van der Waals surface area contributed by atoms with Gasteiger partial charge in [-0.25, -0.2) is 0 Å². The Morgan fingerprint density at radius 3 is 2.90 bits per heavy atom. The van der Waals surface area contributed by atoms with Crippen LogP contribution in [-0.4, -0.2) is 26.5 Å². The molecule has 1 heterocycles. The molecule has 0 radical (unpaired) electrons. The van der Waals surface area contributed by atoms with E-state index in [0.717, 1.165) is 31.0 Å². The highest BCUT2D eigenvalue weighted by molar-refractivity contribution is 5.38. The van der Waals surface area contributed by atoms with E-state index in [2.05, 4.69) is 45.2 Å². The molecule has 1 aromatic heterocycles. The van der Waals surface area contributed by atoms with Gasteiger partial charge in [-0.2, -0.15) is 0 Å². The molecule has 0 saturated heterocycles. The van der Waals surface area contributed by atoms with Crippen molar-refractivity contribution >= 4 is 0 Å². The van der Waals surface area contributed by atoms with Crippen LogP contribution >= 0.6 is 0 Å². The number of fused-ring (bicyclic) bond motifs is 1. The zero-order chi connectivity index (χ0) is 14.9. The van der Waals surface area contributed by atoms with Crippen LogP contribution in [0.2, 0.25) is 0 Å². The molecule has 21 heavy (non-hydrogen) atoms. The standard InChI is InChI=1S/C16H22N4O/c1-3-20-12(2)18-19-15(20)10-17-16(11-21)9-8-13-6-4-5-7-14(13)16/h4-7,17,21H,3,8-11H2,1-2H3. The Balaban J connectivity index is 1.83. The predicted molar refractivity (Wildman–Crippen MR) is 80.8 cm³/mol. The summed E-state index contributed by atoms with van der Waals surface area (Å²) in [6, 6.07) is 8.35. The van der Waals surface area contributed by atoms with Crippen LogP contribution < -0.4 is 5.32 Å². The fraction of sp³-hybridized carbons (Fsp3) is 0.500. The Morgan fingerprint density at radius 1 is 1.33 bits per heavy atom. The fourth-order valence-electron chi connectivity index (χ4n) is 3.31. The number of nitrogens with one attached hydrogen (secondary N) is 1. The van der Waals surface area contributed by atoms with Crippen molar-refractivity contribution in [1.29, 1.82) is 0 Å². The number of aliphatic hydroxyl groups is 1. The molecular formula is C16H22N4O. The summed E-state index contributed by atoms with van der Waals surface area (Å²) in [5.74, 6) is 1.85. The fourth-order valence-corrected chi connectivity index (χ4v) is 3.31. The second-order valence-electron chi connectivity index (χ2n) is 5.66. The normalized spacial score (nSPS) is 20.7. The molecule has 1 aliphatic rings. The maximum Gasteiger partial charge on any atom is 0.147 e. The molecule has 0 fully saturated rings. The lowest BCUT2D eigenvalue weighted by Gasteiger charge is -2.29. The van der Waals surface area contributed by atoms with E-state index in [9.17, 15) is 5.11 Å². The second kappa shape index (κ2) is 5.58. The highest BCUT2D eigenvalue weighted by Gasteiger charge is 2.37. The maximum atomic E-state index is 9.97. The number of hydrogen-bond donors (Lipinski definition) is 2. The number of aryl methyl sites for hydroxylation is 2. The Morgan fingerprint density at radius 2 is 2.14 bits per heavy atom. The van der Waals surface area contributed by atoms with E-state index in [4.69, 9.17) is 0 Å². The summed E-state index contributed by atoms with van der Waals surface area (Å²) in [6.07, 6.45) is 1.92. The van der Waals surface area contributed by atoms with E-state index >= 15 is 0 Å². The van der Waals surface area contributed by atoms with E-state index in [1.807, 2.05) is 13.0 Å². The van der Waals surface area contributed by atoms with Gasteiger partial charge in [-0.1, -0.05) is 24.3 Å². The highest BCUT2D eigenvalue weighted by atomic mass is 16.3. The number of aliphatic hydroxyl groups excluding tert-OH is 1. The first-order chi connectivity index (χ1) is 10.2. The Bertz CT molecular complexity index is 637. The van der Waals surface area contributed by atoms with Crippen molar-refractivity contribution in [2.24, 2.45) is 0 Å². The maximum absolute atomic E-state index is 9.97. The van der Waals surface area contributed by atoms with Gasteiger partial charge in [-0.3, -0.25) is 5.32 Å². The number of rotatable bonds is 5. The summed E-state index contributed by atoms with van der Waals surface area (Å²) < 4.78 is 2.10. The molecule has 1 atom stereocenters. The number of benzene rings is 1. The molecule has 2 aromatic rings. The molecular weight excluding hydrogens is 264 g/mol. The molecule has 3 rings (SSSR count). The second-order valence-corrected chi connectivity index (χ2v) is 5.66. The zero-order valence-corrected chi connectivity index (χ0v) is 12.6. The molecule has 5 nitrogen and oxygen atoms in total. The van der Waals surface area contributed by atoms with Crippen molar-refractivity contribution in [3.8, 4) is 0 Å². The minimum atomic E-state index is -0.352. The lowest BCUT2D eigenvalue weighted by molar-refractivity contribution is 0.157. The molecule has 1 aromatic carbocycles. The third-order valence-electron chi connectivity index (χ3n) is 4.54. The van der Waals surface area contributed by atoms with E-state index in [1.165, 1.54) is 11.1 Å². The summed E-state index contributed by atoms with van der Waals surface area (Å²) in [4.78, 5) is 0. The summed E-state index contributed by atoms with van der Waals surface area (Å²) >= 11 is 0. The topological polar surface area (TPSA) is 63.0 Å². The number of hydrogen-bond acceptors (Lipinski definition) is 4. The molecule has 2 N–H and O–H groups in total. The van der Waals surface area contributed by atoms with Crippen molar-refractivity contribution < 1.29 is 5.11 Å². The first-order valence-corrected chi connectivity index (χ1v) is 7.53. The van der Waals surface area contributed by atoms with Crippen molar-refractivity contribution in [2.75, 3.05) is 6.61 Å². The molecule has 0 amide bonds. The van der Waals surface area contributed by atoms with Crippen LogP contribution in [0.25, 0.3) is 0 Å². The molecule has 5 heteroatoms. The predicted octanol–water partition coefficient (Wildman–Crippen LogP) is 1.53. The van der Waals surface area contributed by atoms with Crippen molar-refractivity contribution in [3.05, 3.63) is 47.0 Å². The van der Waals surface area contributed by atoms with Gasteiger partial charge < -0.3 is 9.67 Å². The van der Waals surface area contributed by atoms with E-state index < -0.39 is 0 Å². The first-order valence-electron chi connectivity index (χ1n) is 7.53. The summed E-state index contributed by atoms with van der Waals surface area (Å²) in [6.45, 7) is 5.63. The molecule has 1 unspecified atom stereocenters. The van der Waals surface area contributed by atoms with E-state index in [-0.39, 0.29) is 12.1 Å². The summed E-state index contributed by atoms with van der Waals surface area (Å²) in [7, 11) is 0. The lowest BCUT2D eigenvalue weighted by atomic mass is 9.92. The Kier molecular flexibility index (Phi) is 3.78. The summed E-state index contributed by atoms with van der Waals surface area (Å²) in [5, 5.41) is 21.9. The quantitative estimate of drug-likeness (QED) is 0.875. The third-order valence-corrected chi connectivity index (χ3v) is 4.54. The van der Waals surface area contributed by atoms with Crippen molar-refractivity contribution in [3.63, 3.8) is 0 Å². The Hall–Kier alpha value is -1.72. The average molecular weight is 286 g/mol. The number of aromatic nitrogens is 3. The van der Waals surface area contributed by atoms with Gasteiger partial charge in [-0.05, 0) is 37.8 Å². The summed E-state index contributed by atoms with van der Waals surface area (Å²) in [5.41, 5.74) is 2.19. The van der Waals surface area contributed by atoms with E-state index in [1.54, 1.807) is 0 Å². The van der Waals surface area contributed by atoms with E-state index in [0.29, 0.717) is 6.54 Å². The van der Waals surface area contributed by atoms with Crippen LogP contribution in [0, 0.1) is 6.92 Å². The van der Waals surface area contributed by atoms with Gasteiger partial charge in [-0.15, -0.1) is 10.2 Å². The van der Waals surface area contributed by atoms with Crippen LogP contribution in [0.15, 0.2) is 24.3 Å². The molecule has 0 aliphatic heterocycles. The SMILES string of the molecule is CCn1c(C)nnc1CNC1(CO)CCc2ccccc21. The first kappa shape index (κ1) is 14.2. The van der Waals surface area contributed by atoms with Crippen molar-refractivity contribution in [2.45, 2.75) is 45.3 Å². The molecule has 0 bridgehead atoms. The monoisotopic (exact) mass is 286 g/mol. The minimum absolute atomic E-state index is 0.100. The van der Waals surface area contributed by atoms with Gasteiger partial charge in [0.15, 0.2) is 0 Å². The van der Waals surface area contributed by atoms with Gasteiger partial charge in [0.25, 0.3) is 0 Å². The smallest absolute Gasteiger partial charge is 0.147 e. The van der Waals surface area contributed by atoms with Crippen LogP contribution in [0.4, 0.5) is 0 Å². The third kappa shape index (κ3) is 2.36. The molecule has 112 valence electrons.